The molecule has 1 unspecified atom stereocenters. The average molecular weight is 371 g/mol. The summed E-state index contributed by atoms with van der Waals surface area (Å²) < 4.78 is 5.05. The lowest BCUT2D eigenvalue weighted by atomic mass is 9.71. The minimum Gasteiger partial charge on any atom is -0.342 e. The van der Waals surface area contributed by atoms with Gasteiger partial charge in [-0.3, -0.25) is 4.79 Å². The molecule has 1 aliphatic heterocycles. The number of likely N-dealkylation sites (tertiary alicyclic amines) is 1. The molecule has 2 heterocycles. The molecule has 2 N–H and O–H groups in total. The number of carbonyl (C=O) groups is 1. The number of hydrogen-bond donors (Lipinski definition) is 1. The van der Waals surface area contributed by atoms with E-state index in [1.54, 1.807) is 0 Å². The third kappa shape index (κ3) is 5.17. The topological polar surface area (TPSA) is 85.2 Å². The van der Waals surface area contributed by atoms with Crippen LogP contribution in [0.1, 0.15) is 63.1 Å². The van der Waals surface area contributed by atoms with Crippen LogP contribution in [0.5, 0.6) is 0 Å². The number of amides is 1. The number of nitrogens with zero attached hydrogens (tertiary/aromatic N) is 3. The number of piperidine rings is 1. The Kier molecular flexibility index (Phi) is 7.25. The van der Waals surface area contributed by atoms with Crippen LogP contribution in [0.2, 0.25) is 0 Å². The first-order valence-electron chi connectivity index (χ1n) is 9.37. The maximum Gasteiger partial charge on any atom is 0.223 e. The summed E-state index contributed by atoms with van der Waals surface area (Å²) in [6.07, 6.45) is 9.52. The Hall–Kier alpha value is -1.14. The second kappa shape index (κ2) is 8.99. The molecule has 2 aliphatic rings. The molecule has 3 rings (SSSR count). The van der Waals surface area contributed by atoms with Crippen LogP contribution < -0.4 is 5.73 Å². The third-order valence-electron chi connectivity index (χ3n) is 5.79. The summed E-state index contributed by atoms with van der Waals surface area (Å²) in [5, 5.41) is 3.99. The Labute approximate surface area is 156 Å². The lowest BCUT2D eigenvalue weighted by molar-refractivity contribution is -0.136. The molecule has 2 fully saturated rings. The van der Waals surface area contributed by atoms with Crippen LogP contribution in [-0.4, -0.2) is 40.6 Å². The van der Waals surface area contributed by atoms with Crippen molar-refractivity contribution in [1.82, 2.24) is 15.0 Å². The molecule has 25 heavy (non-hydrogen) atoms. The van der Waals surface area contributed by atoms with Crippen LogP contribution in [0.4, 0.5) is 0 Å². The number of halogens is 1. The van der Waals surface area contributed by atoms with Crippen LogP contribution >= 0.6 is 12.4 Å². The van der Waals surface area contributed by atoms with Gasteiger partial charge < -0.3 is 15.2 Å². The maximum absolute atomic E-state index is 12.9. The quantitative estimate of drug-likeness (QED) is 0.861. The van der Waals surface area contributed by atoms with E-state index < -0.39 is 0 Å². The normalized spacial score (nSPS) is 23.1. The molecular weight excluding hydrogens is 340 g/mol. The second-order valence-corrected chi connectivity index (χ2v) is 7.72. The molecule has 0 spiro atoms. The van der Waals surface area contributed by atoms with Gasteiger partial charge in [-0.2, -0.15) is 4.98 Å². The Morgan fingerprint density at radius 2 is 2.08 bits per heavy atom. The smallest absolute Gasteiger partial charge is 0.223 e. The van der Waals surface area contributed by atoms with Gasteiger partial charge in [-0.25, -0.2) is 0 Å². The fraction of sp³-hybridized carbons (Fsp3) is 0.833. The minimum absolute atomic E-state index is 0. The summed E-state index contributed by atoms with van der Waals surface area (Å²) in [5.41, 5.74) is 6.10. The van der Waals surface area contributed by atoms with Gasteiger partial charge in [-0.1, -0.05) is 24.4 Å². The zero-order valence-electron chi connectivity index (χ0n) is 15.2. The van der Waals surface area contributed by atoms with Crippen molar-refractivity contribution in [3.8, 4) is 0 Å². The highest BCUT2D eigenvalue weighted by atomic mass is 35.5. The summed E-state index contributed by atoms with van der Waals surface area (Å²) in [6, 6.07) is 0. The minimum atomic E-state index is 0. The monoisotopic (exact) mass is 370 g/mol. The molecule has 1 aliphatic carbocycles. The molecule has 142 valence electrons. The number of hydrogen-bond acceptors (Lipinski definition) is 5. The summed E-state index contributed by atoms with van der Waals surface area (Å²) >= 11 is 0. The van der Waals surface area contributed by atoms with Crippen molar-refractivity contribution < 1.29 is 9.32 Å². The standard InChI is InChI=1S/C18H30N4O2.ClH/c1-14-20-16(21-24-14)10-15-6-5-9-22(12-15)17(23)11-18(13-19)7-3-2-4-8-18;/h15H,2-13,19H2,1H3;1H. The van der Waals surface area contributed by atoms with Crippen LogP contribution in [0.15, 0.2) is 4.52 Å². The Morgan fingerprint density at radius 1 is 1.32 bits per heavy atom. The molecule has 1 aromatic rings. The zero-order valence-corrected chi connectivity index (χ0v) is 16.0. The Morgan fingerprint density at radius 3 is 2.72 bits per heavy atom. The molecule has 6 nitrogen and oxygen atoms in total. The number of aromatic nitrogens is 2. The number of rotatable bonds is 5. The van der Waals surface area contributed by atoms with Gasteiger partial charge in [-0.15, -0.1) is 12.4 Å². The average Bonchev–Trinajstić information content (AvgIpc) is 3.01. The molecule has 1 atom stereocenters. The predicted molar refractivity (Wildman–Crippen MR) is 98.5 cm³/mol. The summed E-state index contributed by atoms with van der Waals surface area (Å²) in [6.45, 7) is 4.14. The fourth-order valence-electron chi connectivity index (χ4n) is 4.33. The Bertz CT molecular complexity index is 557. The third-order valence-corrected chi connectivity index (χ3v) is 5.79. The first-order valence-corrected chi connectivity index (χ1v) is 9.37. The first-order chi connectivity index (χ1) is 11.6. The molecule has 7 heteroatoms. The van der Waals surface area contributed by atoms with E-state index in [-0.39, 0.29) is 23.7 Å². The van der Waals surface area contributed by atoms with Gasteiger partial charge in [0.25, 0.3) is 0 Å². The van der Waals surface area contributed by atoms with Crippen molar-refractivity contribution in [3.63, 3.8) is 0 Å². The maximum atomic E-state index is 12.9. The van der Waals surface area contributed by atoms with Gasteiger partial charge in [0.05, 0.1) is 0 Å². The Balaban J connectivity index is 0.00000225. The van der Waals surface area contributed by atoms with Crippen molar-refractivity contribution in [2.24, 2.45) is 17.1 Å². The van der Waals surface area contributed by atoms with Crippen LogP contribution in [0, 0.1) is 18.3 Å². The van der Waals surface area contributed by atoms with Crippen molar-refractivity contribution in [2.45, 2.75) is 64.7 Å². The van der Waals surface area contributed by atoms with Crippen molar-refractivity contribution in [3.05, 3.63) is 11.7 Å². The summed E-state index contributed by atoms with van der Waals surface area (Å²) in [7, 11) is 0. The van der Waals surface area contributed by atoms with Crippen LogP contribution in [-0.2, 0) is 11.2 Å². The summed E-state index contributed by atoms with van der Waals surface area (Å²) in [4.78, 5) is 19.2. The van der Waals surface area contributed by atoms with E-state index in [1.807, 2.05) is 11.8 Å². The van der Waals surface area contributed by atoms with Gasteiger partial charge in [-0.05, 0) is 43.6 Å². The molecule has 0 bridgehead atoms. The van der Waals surface area contributed by atoms with E-state index in [1.165, 1.54) is 19.3 Å². The largest absolute Gasteiger partial charge is 0.342 e. The van der Waals surface area contributed by atoms with Crippen molar-refractivity contribution >= 4 is 18.3 Å². The lowest BCUT2D eigenvalue weighted by Gasteiger charge is -2.39. The first kappa shape index (κ1) is 20.2. The van der Waals surface area contributed by atoms with E-state index in [0.717, 1.165) is 51.0 Å². The van der Waals surface area contributed by atoms with Gasteiger partial charge in [0.2, 0.25) is 11.8 Å². The molecule has 0 radical (unpaired) electrons. The van der Waals surface area contributed by atoms with E-state index >= 15 is 0 Å². The molecule has 1 saturated heterocycles. The van der Waals surface area contributed by atoms with E-state index in [0.29, 0.717) is 24.8 Å². The SMILES string of the molecule is Cc1nc(CC2CCCN(C(=O)CC3(CN)CCCCC3)C2)no1.Cl. The van der Waals surface area contributed by atoms with Crippen LogP contribution in [0.25, 0.3) is 0 Å². The van der Waals surface area contributed by atoms with E-state index in [4.69, 9.17) is 10.3 Å². The highest BCUT2D eigenvalue weighted by molar-refractivity contribution is 5.85. The van der Waals surface area contributed by atoms with Crippen molar-refractivity contribution in [2.75, 3.05) is 19.6 Å². The number of carbonyl (C=O) groups excluding carboxylic acids is 1. The number of aryl methyl sites for hydroxylation is 1. The number of nitrogens with two attached hydrogens (primary N) is 1. The van der Waals surface area contributed by atoms with Crippen molar-refractivity contribution in [1.29, 1.82) is 0 Å². The van der Waals surface area contributed by atoms with Gasteiger partial charge in [0, 0.05) is 32.9 Å². The van der Waals surface area contributed by atoms with Crippen LogP contribution in [0.3, 0.4) is 0 Å². The molecular formula is C18H31ClN4O2. The fourth-order valence-corrected chi connectivity index (χ4v) is 4.33. The van der Waals surface area contributed by atoms with Gasteiger partial charge >= 0.3 is 0 Å². The molecule has 1 amide bonds. The zero-order chi connectivity index (χ0) is 17.0. The second-order valence-electron chi connectivity index (χ2n) is 7.72. The van der Waals surface area contributed by atoms with E-state index in [2.05, 4.69) is 10.1 Å². The lowest BCUT2D eigenvalue weighted by Crippen LogP contribution is -2.44. The van der Waals surface area contributed by atoms with Gasteiger partial charge in [0.15, 0.2) is 5.82 Å². The molecule has 0 aromatic carbocycles. The van der Waals surface area contributed by atoms with Gasteiger partial charge in [0.1, 0.15) is 0 Å². The van der Waals surface area contributed by atoms with E-state index in [9.17, 15) is 4.79 Å². The highest BCUT2D eigenvalue weighted by Crippen LogP contribution is 2.39. The predicted octanol–water partition coefficient (Wildman–Crippen LogP) is 2.88. The molecule has 1 saturated carbocycles. The summed E-state index contributed by atoms with van der Waals surface area (Å²) in [5.74, 6) is 2.09. The molecule has 1 aromatic heterocycles. The highest BCUT2D eigenvalue weighted by Gasteiger charge is 2.35.